The van der Waals surface area contributed by atoms with Crippen molar-refractivity contribution < 1.29 is 14.3 Å². The van der Waals surface area contributed by atoms with Gasteiger partial charge < -0.3 is 9.64 Å². The highest BCUT2D eigenvalue weighted by Crippen LogP contribution is 2.23. The van der Waals surface area contributed by atoms with Crippen LogP contribution in [0.3, 0.4) is 0 Å². The van der Waals surface area contributed by atoms with E-state index in [1.807, 2.05) is 46.8 Å². The Morgan fingerprint density at radius 2 is 1.79 bits per heavy atom. The van der Waals surface area contributed by atoms with Crippen LogP contribution < -0.4 is 4.90 Å². The van der Waals surface area contributed by atoms with E-state index in [1.165, 1.54) is 0 Å². The zero-order valence-electron chi connectivity index (χ0n) is 19.1. The van der Waals surface area contributed by atoms with Gasteiger partial charge in [0.1, 0.15) is 12.4 Å². The fourth-order valence-corrected chi connectivity index (χ4v) is 3.66. The van der Waals surface area contributed by atoms with E-state index >= 15 is 0 Å². The first-order chi connectivity index (χ1) is 13.5. The van der Waals surface area contributed by atoms with Crippen molar-refractivity contribution in [3.8, 4) is 0 Å². The lowest BCUT2D eigenvalue weighted by Crippen LogP contribution is -2.57. The maximum Gasteiger partial charge on any atom is 0.166 e. The van der Waals surface area contributed by atoms with Crippen molar-refractivity contribution in [2.24, 2.45) is 11.3 Å². The second kappa shape index (κ2) is 9.81. The Kier molecular flexibility index (Phi) is 7.94. The molecule has 29 heavy (non-hydrogen) atoms. The maximum absolute atomic E-state index is 12.1. The van der Waals surface area contributed by atoms with Gasteiger partial charge in [-0.1, -0.05) is 34.6 Å². The number of anilines is 1. The summed E-state index contributed by atoms with van der Waals surface area (Å²) in [6, 6.07) is 4.44. The van der Waals surface area contributed by atoms with Crippen LogP contribution in [0.2, 0.25) is 0 Å². The predicted molar refractivity (Wildman–Crippen MR) is 117 cm³/mol. The molecule has 0 N–H and O–H groups in total. The number of piperazine rings is 1. The van der Waals surface area contributed by atoms with Gasteiger partial charge in [-0.25, -0.2) is 4.98 Å². The van der Waals surface area contributed by atoms with Crippen LogP contribution in [0, 0.1) is 11.3 Å². The molecular weight excluding hydrogens is 366 g/mol. The van der Waals surface area contributed by atoms with Crippen LogP contribution in [0.15, 0.2) is 18.3 Å². The lowest BCUT2D eigenvalue weighted by Gasteiger charge is -2.45. The molecule has 1 saturated heterocycles. The summed E-state index contributed by atoms with van der Waals surface area (Å²) in [5, 5.41) is 0. The first-order valence-electron chi connectivity index (χ1n) is 10.6. The fraction of sp³-hybridized carbons (Fsp3) is 0.696. The van der Waals surface area contributed by atoms with Gasteiger partial charge in [-0.05, 0) is 26.0 Å². The van der Waals surface area contributed by atoms with Crippen molar-refractivity contribution in [1.82, 2.24) is 9.88 Å². The minimum absolute atomic E-state index is 0.0232. The van der Waals surface area contributed by atoms with Crippen molar-refractivity contribution in [2.45, 2.75) is 60.5 Å². The molecule has 0 bridgehead atoms. The molecule has 0 saturated carbocycles. The molecule has 1 fully saturated rings. The lowest BCUT2D eigenvalue weighted by atomic mass is 9.91. The highest BCUT2D eigenvalue weighted by molar-refractivity contribution is 5.97. The van der Waals surface area contributed by atoms with Crippen LogP contribution in [0.4, 0.5) is 5.82 Å². The van der Waals surface area contributed by atoms with Crippen LogP contribution in [0.1, 0.15) is 58.8 Å². The molecule has 0 spiro atoms. The molecule has 0 radical (unpaired) electrons. The minimum atomic E-state index is -0.350. The van der Waals surface area contributed by atoms with Gasteiger partial charge in [0.2, 0.25) is 0 Å². The quantitative estimate of drug-likeness (QED) is 0.489. The van der Waals surface area contributed by atoms with Crippen LogP contribution in [0.5, 0.6) is 0 Å². The van der Waals surface area contributed by atoms with E-state index in [9.17, 15) is 9.59 Å². The van der Waals surface area contributed by atoms with Gasteiger partial charge in [-0.2, -0.15) is 0 Å². The third-order valence-electron chi connectivity index (χ3n) is 5.44. The number of carbonyl (C=O) groups excluding carboxylic acids is 2. The first-order valence-corrected chi connectivity index (χ1v) is 10.6. The second-order valence-corrected chi connectivity index (χ2v) is 9.51. The van der Waals surface area contributed by atoms with E-state index in [0.717, 1.165) is 25.5 Å². The molecular formula is C23H37N3O3. The van der Waals surface area contributed by atoms with Crippen molar-refractivity contribution in [1.29, 1.82) is 0 Å². The number of rotatable bonds is 8. The van der Waals surface area contributed by atoms with Crippen LogP contribution >= 0.6 is 0 Å². The van der Waals surface area contributed by atoms with E-state index in [2.05, 4.69) is 28.6 Å². The Balaban J connectivity index is 1.88. The summed E-state index contributed by atoms with van der Waals surface area (Å²) < 4.78 is 5.61. The van der Waals surface area contributed by atoms with E-state index in [0.29, 0.717) is 24.3 Å². The number of Topliss-reactive ketones (excluding diaryl/α,β-unsaturated/α-hetero) is 2. The summed E-state index contributed by atoms with van der Waals surface area (Å²) in [6.45, 7) is 17.3. The Hall–Kier alpha value is -1.79. The molecule has 6 heteroatoms. The van der Waals surface area contributed by atoms with Crippen molar-refractivity contribution in [3.05, 3.63) is 23.9 Å². The number of hydrogen-bond donors (Lipinski definition) is 0. The Labute approximate surface area is 175 Å². The topological polar surface area (TPSA) is 62.7 Å². The number of hydrogen-bond acceptors (Lipinski definition) is 6. The van der Waals surface area contributed by atoms with E-state index in [1.54, 1.807) is 6.20 Å². The van der Waals surface area contributed by atoms with Gasteiger partial charge in [0.25, 0.3) is 0 Å². The molecule has 0 aromatic carbocycles. The number of ether oxygens (including phenoxy) is 1. The van der Waals surface area contributed by atoms with Crippen molar-refractivity contribution in [3.63, 3.8) is 0 Å². The summed E-state index contributed by atoms with van der Waals surface area (Å²) in [6.07, 6.45) is 1.70. The Morgan fingerprint density at radius 1 is 1.17 bits per heavy atom. The van der Waals surface area contributed by atoms with Gasteiger partial charge in [-0.3, -0.25) is 14.5 Å². The maximum atomic E-state index is 12.1. The third kappa shape index (κ3) is 6.34. The highest BCUT2D eigenvalue weighted by atomic mass is 16.5. The van der Waals surface area contributed by atoms with Gasteiger partial charge in [0.05, 0.1) is 6.61 Å². The van der Waals surface area contributed by atoms with E-state index < -0.39 is 0 Å². The molecule has 1 aliphatic heterocycles. The summed E-state index contributed by atoms with van der Waals surface area (Å²) in [7, 11) is 0. The Bertz CT molecular complexity index is 682. The molecule has 162 valence electrons. The fourth-order valence-electron chi connectivity index (χ4n) is 3.66. The highest BCUT2D eigenvalue weighted by Gasteiger charge is 2.30. The summed E-state index contributed by atoms with van der Waals surface area (Å²) in [5.41, 5.74) is 0.321. The summed E-state index contributed by atoms with van der Waals surface area (Å²) in [5.74, 6) is 1.15. The SMILES string of the molecule is CC(C)C(=O)c1ccc(N2[C@H](C)CN(CCOCC(=O)C(C)(C)C)C[C@@H]2C)nc1. The van der Waals surface area contributed by atoms with Crippen LogP contribution in [0.25, 0.3) is 0 Å². The minimum Gasteiger partial charge on any atom is -0.372 e. The third-order valence-corrected chi connectivity index (χ3v) is 5.44. The number of carbonyl (C=O) groups is 2. The molecule has 2 rings (SSSR count). The number of pyridine rings is 1. The molecule has 6 nitrogen and oxygen atoms in total. The van der Waals surface area contributed by atoms with Gasteiger partial charge in [0, 0.05) is 54.8 Å². The summed E-state index contributed by atoms with van der Waals surface area (Å²) >= 11 is 0. The first kappa shape index (κ1) is 23.5. The zero-order chi connectivity index (χ0) is 21.8. The Morgan fingerprint density at radius 3 is 2.28 bits per heavy atom. The number of ketones is 2. The monoisotopic (exact) mass is 403 g/mol. The van der Waals surface area contributed by atoms with Crippen molar-refractivity contribution >= 4 is 17.4 Å². The van der Waals surface area contributed by atoms with E-state index in [4.69, 9.17) is 4.74 Å². The molecule has 0 unspecified atom stereocenters. The largest absolute Gasteiger partial charge is 0.372 e. The number of nitrogens with zero attached hydrogens (tertiary/aromatic N) is 3. The number of aromatic nitrogens is 1. The molecule has 1 aliphatic rings. The van der Waals surface area contributed by atoms with Gasteiger partial charge in [-0.15, -0.1) is 0 Å². The van der Waals surface area contributed by atoms with Gasteiger partial charge in [0.15, 0.2) is 11.6 Å². The molecule has 2 heterocycles. The smallest absolute Gasteiger partial charge is 0.166 e. The normalized spacial score (nSPS) is 20.9. The second-order valence-electron chi connectivity index (χ2n) is 9.51. The molecule has 0 amide bonds. The van der Waals surface area contributed by atoms with Crippen LogP contribution in [-0.2, 0) is 9.53 Å². The average molecular weight is 404 g/mol. The molecule has 0 aliphatic carbocycles. The zero-order valence-corrected chi connectivity index (χ0v) is 19.1. The van der Waals surface area contributed by atoms with E-state index in [-0.39, 0.29) is 29.5 Å². The molecule has 2 atom stereocenters. The van der Waals surface area contributed by atoms with Crippen LogP contribution in [-0.4, -0.2) is 66.4 Å². The predicted octanol–water partition coefficient (Wildman–Crippen LogP) is 3.45. The van der Waals surface area contributed by atoms with Crippen molar-refractivity contribution in [2.75, 3.05) is 37.7 Å². The molecule has 1 aromatic rings. The lowest BCUT2D eigenvalue weighted by molar-refractivity contribution is -0.131. The average Bonchev–Trinajstić information content (AvgIpc) is 2.63. The summed E-state index contributed by atoms with van der Waals surface area (Å²) in [4.78, 5) is 33.4. The van der Waals surface area contributed by atoms with Gasteiger partial charge >= 0.3 is 0 Å². The standard InChI is InChI=1S/C23H37N3O3/c1-16(2)22(28)19-8-9-21(24-12-19)26-17(3)13-25(14-18(26)4)10-11-29-15-20(27)23(5,6)7/h8-9,12,16-18H,10-11,13-15H2,1-7H3/t17-,18+. The molecule has 1 aromatic heterocycles.